The molecule has 0 aliphatic heterocycles. The van der Waals surface area contributed by atoms with Crippen LogP contribution in [0.25, 0.3) is 0 Å². The lowest BCUT2D eigenvalue weighted by Crippen LogP contribution is -2.43. The zero-order valence-corrected chi connectivity index (χ0v) is 11.0. The predicted molar refractivity (Wildman–Crippen MR) is 60.1 cm³/mol. The van der Waals surface area contributed by atoms with E-state index in [1.807, 2.05) is 0 Å². The van der Waals surface area contributed by atoms with Gasteiger partial charge < -0.3 is 10.2 Å². The fourth-order valence-electron chi connectivity index (χ4n) is 1.03. The Morgan fingerprint density at radius 1 is 1.17 bits per heavy atom. The van der Waals surface area contributed by atoms with E-state index in [-0.39, 0.29) is 0 Å². The number of sulfonamides is 1. The van der Waals surface area contributed by atoms with Gasteiger partial charge in [-0.15, -0.1) is 0 Å². The molecule has 0 unspecified atom stereocenters. The number of nitrogens with one attached hydrogen (secondary N) is 1. The zero-order chi connectivity index (χ0) is 14.6. The molecule has 11 heteroatoms. The molecule has 0 aliphatic carbocycles. The molecular weight excluding hydrogens is 290 g/mol. The Morgan fingerprint density at radius 2 is 1.67 bits per heavy atom. The van der Waals surface area contributed by atoms with Gasteiger partial charge in [0.15, 0.2) is 14.9 Å². The summed E-state index contributed by atoms with van der Waals surface area (Å²) in [6.07, 6.45) is -0.356. The largest absolute Gasteiger partial charge is 0.481 e. The minimum atomic E-state index is -4.34. The summed E-state index contributed by atoms with van der Waals surface area (Å²) in [5.74, 6) is -2.86. The number of hydrogen-bond donors (Lipinski definition) is 3. The number of carboxylic acid groups (broad SMARTS) is 2. The Bertz CT molecular complexity index is 520. The van der Waals surface area contributed by atoms with E-state index in [0.717, 1.165) is 0 Å². The van der Waals surface area contributed by atoms with Crippen molar-refractivity contribution in [3.05, 3.63) is 0 Å². The van der Waals surface area contributed by atoms with Crippen molar-refractivity contribution >= 4 is 31.8 Å². The molecule has 0 amide bonds. The van der Waals surface area contributed by atoms with Crippen molar-refractivity contribution in [3.63, 3.8) is 0 Å². The number of carbonyl (C=O) groups is 2. The van der Waals surface area contributed by atoms with Crippen LogP contribution in [0.2, 0.25) is 0 Å². The molecule has 106 valence electrons. The SMILES string of the molecule is CS(=O)(=O)CS(=O)(=O)N[C@@H](CCC(=O)O)C(=O)O. The Balaban J connectivity index is 4.78. The van der Waals surface area contributed by atoms with Crippen LogP contribution in [0.4, 0.5) is 0 Å². The third-order valence-corrected chi connectivity index (χ3v) is 5.23. The first kappa shape index (κ1) is 16.8. The summed E-state index contributed by atoms with van der Waals surface area (Å²) in [7, 11) is -8.19. The summed E-state index contributed by atoms with van der Waals surface area (Å²) in [5, 5.41) is 15.8. The van der Waals surface area contributed by atoms with Gasteiger partial charge >= 0.3 is 11.9 Å². The van der Waals surface area contributed by atoms with Gasteiger partial charge in [0.2, 0.25) is 10.0 Å². The van der Waals surface area contributed by atoms with Gasteiger partial charge in [-0.2, -0.15) is 0 Å². The fraction of sp³-hybridized carbons (Fsp3) is 0.714. The van der Waals surface area contributed by atoms with Crippen LogP contribution in [-0.2, 0) is 29.4 Å². The molecule has 0 aromatic carbocycles. The molecule has 0 spiro atoms. The van der Waals surface area contributed by atoms with Crippen molar-refractivity contribution in [3.8, 4) is 0 Å². The maximum atomic E-state index is 11.3. The van der Waals surface area contributed by atoms with Crippen molar-refractivity contribution in [2.75, 3.05) is 11.3 Å². The topological polar surface area (TPSA) is 155 Å². The van der Waals surface area contributed by atoms with Gasteiger partial charge in [0.05, 0.1) is 0 Å². The minimum Gasteiger partial charge on any atom is -0.481 e. The number of hydrogen-bond acceptors (Lipinski definition) is 6. The summed E-state index contributed by atoms with van der Waals surface area (Å²) < 4.78 is 45.9. The first-order valence-corrected chi connectivity index (χ1v) is 8.26. The maximum absolute atomic E-state index is 11.3. The molecule has 0 aliphatic rings. The lowest BCUT2D eigenvalue weighted by atomic mass is 10.2. The van der Waals surface area contributed by atoms with E-state index >= 15 is 0 Å². The molecule has 0 rings (SSSR count). The van der Waals surface area contributed by atoms with Crippen LogP contribution in [0.1, 0.15) is 12.8 Å². The average Bonchev–Trinajstić information content (AvgIpc) is 2.07. The average molecular weight is 303 g/mol. The quantitative estimate of drug-likeness (QED) is 0.475. The second kappa shape index (κ2) is 6.11. The van der Waals surface area contributed by atoms with Crippen LogP contribution in [0, 0.1) is 0 Å². The summed E-state index contributed by atoms with van der Waals surface area (Å²) in [4.78, 5) is 20.9. The van der Waals surface area contributed by atoms with Crippen LogP contribution < -0.4 is 4.72 Å². The predicted octanol–water partition coefficient (Wildman–Crippen LogP) is -1.77. The van der Waals surface area contributed by atoms with Crippen molar-refractivity contribution in [2.45, 2.75) is 18.9 Å². The van der Waals surface area contributed by atoms with E-state index in [2.05, 4.69) is 0 Å². The van der Waals surface area contributed by atoms with Gasteiger partial charge in [0, 0.05) is 12.7 Å². The van der Waals surface area contributed by atoms with E-state index in [0.29, 0.717) is 6.26 Å². The van der Waals surface area contributed by atoms with Crippen LogP contribution >= 0.6 is 0 Å². The molecule has 0 aromatic heterocycles. The van der Waals surface area contributed by atoms with Gasteiger partial charge in [-0.3, -0.25) is 9.59 Å². The van der Waals surface area contributed by atoms with Crippen molar-refractivity contribution in [1.82, 2.24) is 4.72 Å². The summed E-state index contributed by atoms with van der Waals surface area (Å²) in [6, 6.07) is -1.67. The third-order valence-electron chi connectivity index (χ3n) is 1.64. The molecule has 3 N–H and O–H groups in total. The minimum absolute atomic E-state index is 0.479. The van der Waals surface area contributed by atoms with Crippen molar-refractivity contribution < 1.29 is 36.6 Å². The van der Waals surface area contributed by atoms with Crippen LogP contribution in [0.5, 0.6) is 0 Å². The van der Waals surface area contributed by atoms with E-state index in [4.69, 9.17) is 10.2 Å². The Kier molecular flexibility index (Phi) is 5.70. The summed E-state index contributed by atoms with van der Waals surface area (Å²) >= 11 is 0. The van der Waals surface area contributed by atoms with Crippen molar-refractivity contribution in [2.24, 2.45) is 0 Å². The standard InChI is InChI=1S/C7H13NO8S2/c1-17(13,14)4-18(15,16)8-5(7(11)12)2-3-6(9)10/h5,8H,2-4H2,1H3,(H,9,10)(H,11,12)/t5-/m0/s1. The number of carboxylic acids is 2. The molecule has 1 atom stereocenters. The molecule has 0 aromatic rings. The zero-order valence-electron chi connectivity index (χ0n) is 9.36. The van der Waals surface area contributed by atoms with Gasteiger partial charge in [-0.1, -0.05) is 0 Å². The summed E-state index contributed by atoms with van der Waals surface area (Å²) in [6.45, 7) is 0. The lowest BCUT2D eigenvalue weighted by molar-refractivity contribution is -0.140. The Hall–Kier alpha value is -1.20. The molecule has 18 heavy (non-hydrogen) atoms. The van der Waals surface area contributed by atoms with Gasteiger partial charge in [-0.05, 0) is 6.42 Å². The first-order chi connectivity index (χ1) is 7.93. The van der Waals surface area contributed by atoms with E-state index in [1.165, 1.54) is 0 Å². The molecule has 0 saturated heterocycles. The smallest absolute Gasteiger partial charge is 0.321 e. The molecule has 9 nitrogen and oxygen atoms in total. The Labute approximate surface area is 104 Å². The number of sulfone groups is 1. The second-order valence-corrected chi connectivity index (χ2v) is 7.86. The molecule has 0 radical (unpaired) electrons. The monoisotopic (exact) mass is 303 g/mol. The highest BCUT2D eigenvalue weighted by atomic mass is 32.3. The van der Waals surface area contributed by atoms with Crippen LogP contribution in [-0.4, -0.2) is 56.4 Å². The number of rotatable bonds is 8. The molecule has 0 heterocycles. The maximum Gasteiger partial charge on any atom is 0.321 e. The van der Waals surface area contributed by atoms with E-state index in [9.17, 15) is 26.4 Å². The molecular formula is C7H13NO8S2. The van der Waals surface area contributed by atoms with Crippen LogP contribution in [0.15, 0.2) is 0 Å². The number of aliphatic carboxylic acids is 2. The third kappa shape index (κ3) is 7.97. The molecule has 0 fully saturated rings. The highest BCUT2D eigenvalue weighted by Crippen LogP contribution is 2.02. The highest BCUT2D eigenvalue weighted by Gasteiger charge is 2.27. The van der Waals surface area contributed by atoms with Crippen LogP contribution in [0.3, 0.4) is 0 Å². The van der Waals surface area contributed by atoms with E-state index in [1.54, 1.807) is 4.72 Å². The van der Waals surface area contributed by atoms with Gasteiger partial charge in [0.25, 0.3) is 0 Å². The van der Waals surface area contributed by atoms with Crippen molar-refractivity contribution in [1.29, 1.82) is 0 Å². The van der Waals surface area contributed by atoms with Gasteiger partial charge in [0.1, 0.15) is 6.04 Å². The second-order valence-electron chi connectivity index (χ2n) is 3.60. The Morgan fingerprint density at radius 3 is 2.00 bits per heavy atom. The first-order valence-electron chi connectivity index (χ1n) is 4.55. The summed E-state index contributed by atoms with van der Waals surface area (Å²) in [5.41, 5.74) is 0. The van der Waals surface area contributed by atoms with E-state index < -0.39 is 55.8 Å². The normalized spacial score (nSPS) is 14.1. The fourth-order valence-corrected chi connectivity index (χ4v) is 4.21. The molecule has 0 bridgehead atoms. The molecule has 0 saturated carbocycles. The lowest BCUT2D eigenvalue weighted by Gasteiger charge is -2.13. The van der Waals surface area contributed by atoms with Gasteiger partial charge in [-0.25, -0.2) is 21.6 Å². The highest BCUT2D eigenvalue weighted by molar-refractivity contribution is 8.06.